The molecule has 2 amide bonds. The number of carbonyl (C=O) groups excluding carboxylic acids is 3. The van der Waals surface area contributed by atoms with Crippen LogP contribution in [0.1, 0.15) is 39.2 Å². The molecule has 130 valence electrons. The number of imide groups is 1. The molecule has 1 aromatic rings. The summed E-state index contributed by atoms with van der Waals surface area (Å²) >= 11 is 0. The number of amides is 2. The molecule has 1 aliphatic rings. The van der Waals surface area contributed by atoms with E-state index in [4.69, 9.17) is 9.47 Å². The predicted octanol–water partition coefficient (Wildman–Crippen LogP) is 2.70. The van der Waals surface area contributed by atoms with Gasteiger partial charge in [-0.15, -0.1) is 0 Å². The van der Waals surface area contributed by atoms with Crippen molar-refractivity contribution in [3.8, 4) is 0 Å². The second-order valence-electron chi connectivity index (χ2n) is 6.77. The summed E-state index contributed by atoms with van der Waals surface area (Å²) in [5.41, 5.74) is 0.425. The molecule has 1 aromatic carbocycles. The van der Waals surface area contributed by atoms with Gasteiger partial charge >= 0.3 is 12.1 Å². The summed E-state index contributed by atoms with van der Waals surface area (Å²) in [6.45, 7) is 5.47. The standard InChI is InChI=1S/C18H23NO5/c1-18(2,3)24-16(21)10-9-15(20)19-14(12-23-17(19)22)11-13-7-5-4-6-8-13/h4-8,14H,9-12H2,1-3H3/t14-/m0/s1. The van der Waals surface area contributed by atoms with Gasteiger partial charge in [-0.25, -0.2) is 9.69 Å². The van der Waals surface area contributed by atoms with E-state index >= 15 is 0 Å². The van der Waals surface area contributed by atoms with E-state index in [0.717, 1.165) is 10.5 Å². The Morgan fingerprint density at radius 1 is 1.21 bits per heavy atom. The fourth-order valence-corrected chi connectivity index (χ4v) is 2.52. The number of nitrogens with zero attached hydrogens (tertiary/aromatic N) is 1. The lowest BCUT2D eigenvalue weighted by Crippen LogP contribution is -2.40. The molecular formula is C18H23NO5. The zero-order valence-corrected chi connectivity index (χ0v) is 14.3. The van der Waals surface area contributed by atoms with Crippen molar-refractivity contribution < 1.29 is 23.9 Å². The molecule has 0 unspecified atom stereocenters. The number of benzene rings is 1. The molecule has 1 heterocycles. The van der Waals surface area contributed by atoms with Crippen molar-refractivity contribution in [1.29, 1.82) is 0 Å². The molecule has 0 saturated carbocycles. The average molecular weight is 333 g/mol. The number of esters is 1. The van der Waals surface area contributed by atoms with Gasteiger partial charge in [0.1, 0.15) is 12.2 Å². The molecule has 1 aliphatic heterocycles. The van der Waals surface area contributed by atoms with Crippen molar-refractivity contribution in [1.82, 2.24) is 4.90 Å². The second kappa shape index (κ2) is 7.47. The van der Waals surface area contributed by atoms with Crippen molar-refractivity contribution in [3.05, 3.63) is 35.9 Å². The Morgan fingerprint density at radius 3 is 2.50 bits per heavy atom. The molecule has 1 atom stereocenters. The van der Waals surface area contributed by atoms with Gasteiger partial charge in [0.2, 0.25) is 5.91 Å². The minimum Gasteiger partial charge on any atom is -0.460 e. The van der Waals surface area contributed by atoms with Crippen molar-refractivity contribution in [2.24, 2.45) is 0 Å². The quantitative estimate of drug-likeness (QED) is 0.775. The molecule has 0 N–H and O–H groups in total. The summed E-state index contributed by atoms with van der Waals surface area (Å²) in [7, 11) is 0. The maximum Gasteiger partial charge on any atom is 0.416 e. The van der Waals surface area contributed by atoms with Crippen LogP contribution < -0.4 is 0 Å². The number of carbonyl (C=O) groups is 3. The summed E-state index contributed by atoms with van der Waals surface area (Å²) in [6, 6.07) is 9.25. The monoisotopic (exact) mass is 333 g/mol. The third kappa shape index (κ3) is 5.08. The maximum absolute atomic E-state index is 12.3. The molecule has 0 spiro atoms. The predicted molar refractivity (Wildman–Crippen MR) is 87.2 cm³/mol. The van der Waals surface area contributed by atoms with E-state index in [-0.39, 0.29) is 25.5 Å². The Balaban J connectivity index is 1.93. The van der Waals surface area contributed by atoms with E-state index in [0.29, 0.717) is 6.42 Å². The molecule has 0 bridgehead atoms. The topological polar surface area (TPSA) is 72.9 Å². The molecule has 0 aliphatic carbocycles. The van der Waals surface area contributed by atoms with Gasteiger partial charge in [0.05, 0.1) is 12.5 Å². The molecule has 1 fully saturated rings. The minimum atomic E-state index is -0.648. The van der Waals surface area contributed by atoms with Crippen molar-refractivity contribution in [3.63, 3.8) is 0 Å². The van der Waals surface area contributed by atoms with Crippen LogP contribution in [-0.2, 0) is 25.5 Å². The van der Waals surface area contributed by atoms with Crippen LogP contribution in [0.4, 0.5) is 4.79 Å². The van der Waals surface area contributed by atoms with Crippen molar-refractivity contribution >= 4 is 18.0 Å². The highest BCUT2D eigenvalue weighted by Gasteiger charge is 2.37. The number of hydrogen-bond acceptors (Lipinski definition) is 5. The Labute approximate surface area is 141 Å². The highest BCUT2D eigenvalue weighted by Crippen LogP contribution is 2.19. The maximum atomic E-state index is 12.3. The minimum absolute atomic E-state index is 0.0576. The van der Waals surface area contributed by atoms with Gasteiger partial charge in [-0.05, 0) is 32.8 Å². The largest absolute Gasteiger partial charge is 0.460 e. The van der Waals surface area contributed by atoms with Gasteiger partial charge in [-0.1, -0.05) is 30.3 Å². The van der Waals surface area contributed by atoms with E-state index in [2.05, 4.69) is 0 Å². The average Bonchev–Trinajstić information content (AvgIpc) is 2.85. The summed E-state index contributed by atoms with van der Waals surface area (Å²) in [6.07, 6.45) is -0.247. The van der Waals surface area contributed by atoms with Crippen LogP contribution in [0, 0.1) is 0 Å². The van der Waals surface area contributed by atoms with E-state index in [1.165, 1.54) is 0 Å². The lowest BCUT2D eigenvalue weighted by Gasteiger charge is -2.21. The van der Waals surface area contributed by atoms with Crippen LogP contribution in [0.3, 0.4) is 0 Å². The van der Waals surface area contributed by atoms with Gasteiger partial charge < -0.3 is 9.47 Å². The van der Waals surface area contributed by atoms with Crippen LogP contribution >= 0.6 is 0 Å². The van der Waals surface area contributed by atoms with Crippen molar-refractivity contribution in [2.45, 2.75) is 51.7 Å². The first-order chi connectivity index (χ1) is 11.3. The second-order valence-corrected chi connectivity index (χ2v) is 6.77. The SMILES string of the molecule is CC(C)(C)OC(=O)CCC(=O)N1C(=O)OC[C@@H]1Cc1ccccc1. The van der Waals surface area contributed by atoms with Gasteiger partial charge in [-0.2, -0.15) is 0 Å². The molecule has 1 saturated heterocycles. The Morgan fingerprint density at radius 2 is 1.88 bits per heavy atom. The number of rotatable bonds is 5. The van der Waals surface area contributed by atoms with Crippen molar-refractivity contribution in [2.75, 3.05) is 6.61 Å². The van der Waals surface area contributed by atoms with E-state index in [9.17, 15) is 14.4 Å². The van der Waals surface area contributed by atoms with E-state index in [1.54, 1.807) is 20.8 Å². The zero-order valence-electron chi connectivity index (χ0n) is 14.3. The van der Waals surface area contributed by atoms with Gasteiger partial charge in [-0.3, -0.25) is 9.59 Å². The third-order valence-electron chi connectivity index (χ3n) is 3.51. The molecule has 6 nitrogen and oxygen atoms in total. The van der Waals surface area contributed by atoms with Crippen LogP contribution in [0.25, 0.3) is 0 Å². The molecule has 0 aromatic heterocycles. The molecule has 0 radical (unpaired) electrons. The molecule has 2 rings (SSSR count). The Hall–Kier alpha value is -2.37. The number of cyclic esters (lactones) is 1. The Bertz CT molecular complexity index is 606. The molecule has 6 heteroatoms. The van der Waals surface area contributed by atoms with E-state index in [1.807, 2.05) is 30.3 Å². The normalized spacial score (nSPS) is 17.5. The molecule has 24 heavy (non-hydrogen) atoms. The lowest BCUT2D eigenvalue weighted by molar-refractivity contribution is -0.156. The van der Waals surface area contributed by atoms with Gasteiger partial charge in [0.15, 0.2) is 0 Å². The highest BCUT2D eigenvalue weighted by molar-refractivity contribution is 5.94. The third-order valence-corrected chi connectivity index (χ3v) is 3.51. The Kier molecular flexibility index (Phi) is 5.59. The van der Waals surface area contributed by atoms with E-state index < -0.39 is 23.6 Å². The van der Waals surface area contributed by atoms with Crippen LogP contribution in [0.15, 0.2) is 30.3 Å². The first-order valence-corrected chi connectivity index (χ1v) is 8.01. The summed E-state index contributed by atoms with van der Waals surface area (Å²) in [4.78, 5) is 37.0. The zero-order chi connectivity index (χ0) is 17.7. The number of hydrogen-bond donors (Lipinski definition) is 0. The smallest absolute Gasteiger partial charge is 0.416 e. The van der Waals surface area contributed by atoms with Crippen LogP contribution in [0.5, 0.6) is 0 Å². The van der Waals surface area contributed by atoms with Crippen LogP contribution in [0.2, 0.25) is 0 Å². The summed E-state index contributed by atoms with van der Waals surface area (Å²) in [5.74, 6) is -0.868. The van der Waals surface area contributed by atoms with Crippen LogP contribution in [-0.4, -0.2) is 41.1 Å². The van der Waals surface area contributed by atoms with Gasteiger partial charge in [0, 0.05) is 6.42 Å². The fourth-order valence-electron chi connectivity index (χ4n) is 2.52. The summed E-state index contributed by atoms with van der Waals surface area (Å²) < 4.78 is 10.2. The molecular weight excluding hydrogens is 310 g/mol. The van der Waals surface area contributed by atoms with Gasteiger partial charge in [0.25, 0.3) is 0 Å². The highest BCUT2D eigenvalue weighted by atomic mass is 16.6. The summed E-state index contributed by atoms with van der Waals surface area (Å²) in [5, 5.41) is 0. The number of ether oxygens (including phenoxy) is 2. The fraction of sp³-hybridized carbons (Fsp3) is 0.500. The first kappa shape index (κ1) is 18.0. The first-order valence-electron chi connectivity index (χ1n) is 8.01. The lowest BCUT2D eigenvalue weighted by atomic mass is 10.1.